The molecule has 0 bridgehead atoms. The van der Waals surface area contributed by atoms with Crippen LogP contribution in [0.4, 0.5) is 17.6 Å². The van der Waals surface area contributed by atoms with Gasteiger partial charge < -0.3 is 0 Å². The van der Waals surface area contributed by atoms with E-state index in [0.29, 0.717) is 12.8 Å². The predicted molar refractivity (Wildman–Crippen MR) is 157 cm³/mol. The molecule has 41 heavy (non-hydrogen) atoms. The van der Waals surface area contributed by atoms with Crippen molar-refractivity contribution in [3.05, 3.63) is 94.1 Å². The van der Waals surface area contributed by atoms with Crippen molar-refractivity contribution >= 4 is 22.8 Å². The van der Waals surface area contributed by atoms with Crippen LogP contribution in [0.2, 0.25) is 0 Å². The van der Waals surface area contributed by atoms with Crippen LogP contribution in [-0.2, 0) is 16.6 Å². The number of rotatable bonds is 0. The first-order valence-electron chi connectivity index (χ1n) is 11.7. The van der Waals surface area contributed by atoms with Crippen molar-refractivity contribution in [1.29, 1.82) is 0 Å². The van der Waals surface area contributed by atoms with Gasteiger partial charge in [0.2, 0.25) is 11.8 Å². The molecule has 3 aromatic carbocycles. The number of para-hydroxylation sites is 1. The van der Waals surface area contributed by atoms with Crippen LogP contribution in [0.5, 0.6) is 0 Å². The zero-order valence-electron chi connectivity index (χ0n) is 22.2. The molecule has 0 saturated carbocycles. The molecule has 1 aromatic heterocycles. The Labute approximate surface area is 241 Å². The molecule has 0 unspecified atom stereocenters. The number of amides is 2. The molecule has 2 heterocycles. The molecule has 0 spiro atoms. The Morgan fingerprint density at radius 3 is 1.32 bits per heavy atom. The van der Waals surface area contributed by atoms with Gasteiger partial charge in [0.05, 0.1) is 5.52 Å². The molecule has 1 aliphatic heterocycles. The van der Waals surface area contributed by atoms with Gasteiger partial charge >= 0.3 is 0 Å². The fourth-order valence-corrected chi connectivity index (χ4v) is 3.16. The minimum absolute atomic E-state index is 0. The Morgan fingerprint density at radius 2 is 1.00 bits per heavy atom. The van der Waals surface area contributed by atoms with Crippen LogP contribution in [0.15, 0.2) is 48.5 Å². The Balaban J connectivity index is 0. The lowest BCUT2D eigenvalue weighted by molar-refractivity contribution is -0.136. The molecule has 0 radical (unpaired) electrons. The summed E-state index contributed by atoms with van der Waals surface area (Å²) in [5, 5.41) is 7.79. The average molecular weight is 579 g/mol. The third-order valence-electron chi connectivity index (χ3n) is 5.74. The third-order valence-corrected chi connectivity index (χ3v) is 5.74. The zero-order valence-corrected chi connectivity index (χ0v) is 22.2. The Hall–Kier alpha value is -4.08. The quantitative estimate of drug-likeness (QED) is 0.121. The van der Waals surface area contributed by atoms with Gasteiger partial charge in [0, 0.05) is 38.1 Å². The van der Waals surface area contributed by atoms with E-state index in [1.807, 2.05) is 31.3 Å². The molecule has 1 aliphatic rings. The minimum atomic E-state index is -1.33. The van der Waals surface area contributed by atoms with E-state index < -0.39 is 34.4 Å². The third kappa shape index (κ3) is 10.4. The first-order chi connectivity index (χ1) is 17.8. The van der Waals surface area contributed by atoms with Crippen molar-refractivity contribution in [3.63, 3.8) is 0 Å². The monoisotopic (exact) mass is 578 g/mol. The van der Waals surface area contributed by atoms with Crippen molar-refractivity contribution in [1.82, 2.24) is 19.9 Å². The van der Waals surface area contributed by atoms with Gasteiger partial charge in [-0.1, -0.05) is 75.0 Å². The Morgan fingerprint density at radius 1 is 0.634 bits per heavy atom. The van der Waals surface area contributed by atoms with Crippen molar-refractivity contribution < 1.29 is 27.2 Å². The van der Waals surface area contributed by atoms with Crippen molar-refractivity contribution in [2.24, 2.45) is 7.05 Å². The molecule has 0 N–H and O–H groups in total. The summed E-state index contributed by atoms with van der Waals surface area (Å²) in [4.78, 5) is 22.1. The number of imide groups is 1. The molecular weight excluding hydrogens is 536 g/mol. The van der Waals surface area contributed by atoms with Gasteiger partial charge in [-0.15, -0.1) is 5.10 Å². The average Bonchev–Trinajstić information content (AvgIpc) is 3.44. The maximum atomic E-state index is 12.7. The standard InChI is InChI=1S/C8H6F4.C8H10.C7H7N3.C5H7NO2.3CH4/c1-3-5(9)7(11)4(2)8(12)6(3)10;1-7-3-5-8(2)6-4-7;1-10-7-5-3-2-4-6(7)8-9-10;1-6-4(7)2-3-5(6)8;;;/h1-2H3;3-6H,1-2H3;2-5H,1H3;2-3H2,1H3;3*1H4. The summed E-state index contributed by atoms with van der Waals surface area (Å²) in [5.74, 6) is -5.43. The Bertz CT molecular complexity index is 1280. The number of hydrogen-bond donors (Lipinski definition) is 0. The second-order valence-electron chi connectivity index (χ2n) is 8.71. The smallest absolute Gasteiger partial charge is 0.229 e. The number of halogens is 4. The molecule has 1 saturated heterocycles. The number of likely N-dealkylation sites (tertiary alicyclic amines) is 1. The number of aryl methyl sites for hydroxylation is 3. The topological polar surface area (TPSA) is 68.1 Å². The first-order valence-corrected chi connectivity index (χ1v) is 11.7. The van der Waals surface area contributed by atoms with Gasteiger partial charge in [-0.05, 0) is 39.8 Å². The molecule has 4 aromatic rings. The molecule has 0 atom stereocenters. The van der Waals surface area contributed by atoms with E-state index in [1.54, 1.807) is 4.68 Å². The molecular formula is C31H42F4N4O2. The number of carbonyl (C=O) groups is 2. The molecule has 1 fully saturated rings. The maximum absolute atomic E-state index is 12.7. The lowest BCUT2D eigenvalue weighted by Crippen LogP contribution is -2.23. The van der Waals surface area contributed by atoms with Gasteiger partial charge in [0.1, 0.15) is 5.52 Å². The molecule has 5 rings (SSSR count). The summed E-state index contributed by atoms with van der Waals surface area (Å²) in [7, 11) is 3.40. The molecule has 6 nitrogen and oxygen atoms in total. The fourth-order valence-electron chi connectivity index (χ4n) is 3.16. The second kappa shape index (κ2) is 17.6. The number of nitrogens with zero attached hydrogens (tertiary/aromatic N) is 4. The summed E-state index contributed by atoms with van der Waals surface area (Å²) in [6.07, 6.45) is 0.796. The van der Waals surface area contributed by atoms with E-state index in [1.165, 1.54) is 23.1 Å². The van der Waals surface area contributed by atoms with Gasteiger partial charge in [0.25, 0.3) is 0 Å². The fraction of sp³-hybridized carbons (Fsp3) is 0.355. The number of carbonyl (C=O) groups excluding carboxylic acids is 2. The van der Waals surface area contributed by atoms with Gasteiger partial charge in [-0.2, -0.15) is 0 Å². The molecule has 0 aliphatic carbocycles. The van der Waals surface area contributed by atoms with Crippen molar-refractivity contribution in [3.8, 4) is 0 Å². The Kier molecular flexibility index (Phi) is 16.7. The summed E-state index contributed by atoms with van der Waals surface area (Å²) in [6.45, 7) is 6.16. The number of aromatic nitrogens is 3. The highest BCUT2D eigenvalue weighted by atomic mass is 19.2. The van der Waals surface area contributed by atoms with Crippen LogP contribution >= 0.6 is 0 Å². The van der Waals surface area contributed by atoms with Crippen LogP contribution in [0, 0.1) is 51.0 Å². The number of benzene rings is 3. The minimum Gasteiger partial charge on any atom is -0.286 e. The molecule has 10 heteroatoms. The number of hydrogen-bond acceptors (Lipinski definition) is 4. The van der Waals surface area contributed by atoms with Gasteiger partial charge in [-0.3, -0.25) is 14.5 Å². The summed E-state index contributed by atoms with van der Waals surface area (Å²) < 4.78 is 52.4. The highest BCUT2D eigenvalue weighted by molar-refractivity contribution is 6.01. The van der Waals surface area contributed by atoms with Crippen molar-refractivity contribution in [2.75, 3.05) is 7.05 Å². The normalized spacial score (nSPS) is 11.4. The summed E-state index contributed by atoms with van der Waals surface area (Å²) >= 11 is 0. The molecule has 2 amide bonds. The molecule has 226 valence electrons. The van der Waals surface area contributed by atoms with Crippen LogP contribution in [0.3, 0.4) is 0 Å². The summed E-state index contributed by atoms with van der Waals surface area (Å²) in [6, 6.07) is 16.4. The highest BCUT2D eigenvalue weighted by Gasteiger charge is 2.24. The highest BCUT2D eigenvalue weighted by Crippen LogP contribution is 2.22. The van der Waals surface area contributed by atoms with Crippen LogP contribution in [0.25, 0.3) is 11.0 Å². The van der Waals surface area contributed by atoms with E-state index >= 15 is 0 Å². The van der Waals surface area contributed by atoms with E-state index in [-0.39, 0.29) is 34.1 Å². The largest absolute Gasteiger partial charge is 0.286 e. The van der Waals surface area contributed by atoms with E-state index in [4.69, 9.17) is 0 Å². The SMILES string of the molecule is C.C.C.CN1C(=O)CCC1=O.Cc1c(F)c(F)c(C)c(F)c1F.Cc1ccc(C)cc1.Cn1nnc2ccccc21. The summed E-state index contributed by atoms with van der Waals surface area (Å²) in [5.41, 5.74) is 3.42. The van der Waals surface area contributed by atoms with Crippen LogP contribution < -0.4 is 0 Å². The van der Waals surface area contributed by atoms with Crippen molar-refractivity contribution in [2.45, 2.75) is 62.8 Å². The maximum Gasteiger partial charge on any atom is 0.229 e. The lowest BCUT2D eigenvalue weighted by Gasteiger charge is -2.04. The first kappa shape index (κ1) is 39.1. The lowest BCUT2D eigenvalue weighted by atomic mass is 10.1. The van der Waals surface area contributed by atoms with Gasteiger partial charge in [0.15, 0.2) is 23.3 Å². The predicted octanol–water partition coefficient (Wildman–Crippen LogP) is 7.81. The van der Waals surface area contributed by atoms with E-state index in [0.717, 1.165) is 24.9 Å². The van der Waals surface area contributed by atoms with E-state index in [9.17, 15) is 27.2 Å². The van der Waals surface area contributed by atoms with E-state index in [2.05, 4.69) is 48.4 Å². The van der Waals surface area contributed by atoms with Gasteiger partial charge in [-0.25, -0.2) is 22.2 Å². The number of fused-ring (bicyclic) bond motifs is 1. The van der Waals surface area contributed by atoms with Crippen LogP contribution in [-0.4, -0.2) is 38.8 Å². The zero-order chi connectivity index (χ0) is 28.6. The van der Waals surface area contributed by atoms with Crippen LogP contribution in [0.1, 0.15) is 57.4 Å². The second-order valence-corrected chi connectivity index (χ2v) is 8.71.